The maximum atomic E-state index is 13.4. The number of urea groups is 1. The van der Waals surface area contributed by atoms with E-state index in [4.69, 9.17) is 4.74 Å². The number of carbonyl (C=O) groups excluding carboxylic acids is 2. The Labute approximate surface area is 225 Å². The minimum atomic E-state index is -3.83. The van der Waals surface area contributed by atoms with Crippen LogP contribution in [0.3, 0.4) is 0 Å². The average Bonchev–Trinajstić information content (AvgIpc) is 2.91. The zero-order chi connectivity index (χ0) is 28.0. The van der Waals surface area contributed by atoms with Crippen molar-refractivity contribution in [2.75, 3.05) is 31.5 Å². The minimum absolute atomic E-state index is 0.0267. The standard InChI is InChI=1S/C27H38N4O6S/c1-18(2)28-27(34)30(5)16-25-19(3)15-31(20(4)17-32)26(33)14-21-13-22(11-12-24(21)37-25)29-38(35,36)23-9-7-6-8-10-23/h6-13,18-20,25,29,32H,14-17H2,1-5H3,(H,28,34)/t19-,20-,25-/m1/s1. The third kappa shape index (κ3) is 7.38. The summed E-state index contributed by atoms with van der Waals surface area (Å²) >= 11 is 0. The fourth-order valence-corrected chi connectivity index (χ4v) is 5.31. The zero-order valence-electron chi connectivity index (χ0n) is 22.5. The molecule has 1 aliphatic rings. The summed E-state index contributed by atoms with van der Waals surface area (Å²) in [6, 6.07) is 12.2. The number of carbonyl (C=O) groups is 2. The summed E-state index contributed by atoms with van der Waals surface area (Å²) in [6.07, 6.45) is -0.508. The van der Waals surface area contributed by atoms with Gasteiger partial charge in [0.1, 0.15) is 11.9 Å². The number of nitrogens with one attached hydrogen (secondary N) is 2. The summed E-state index contributed by atoms with van der Waals surface area (Å²) in [4.78, 5) is 29.2. The molecule has 1 aliphatic heterocycles. The van der Waals surface area contributed by atoms with Crippen molar-refractivity contribution in [3.63, 3.8) is 0 Å². The second kappa shape index (κ2) is 12.5. The van der Waals surface area contributed by atoms with Crippen LogP contribution in [0, 0.1) is 5.92 Å². The van der Waals surface area contributed by atoms with Crippen molar-refractivity contribution in [3.8, 4) is 5.75 Å². The van der Waals surface area contributed by atoms with Crippen LogP contribution in [-0.4, -0.2) is 80.2 Å². The Morgan fingerprint density at radius 2 is 1.87 bits per heavy atom. The smallest absolute Gasteiger partial charge is 0.317 e. The second-order valence-corrected chi connectivity index (χ2v) is 11.8. The van der Waals surface area contributed by atoms with Crippen LogP contribution in [0.4, 0.5) is 10.5 Å². The van der Waals surface area contributed by atoms with Crippen molar-refractivity contribution >= 4 is 27.6 Å². The molecule has 11 heteroatoms. The van der Waals surface area contributed by atoms with Gasteiger partial charge in [0, 0.05) is 36.8 Å². The monoisotopic (exact) mass is 546 g/mol. The van der Waals surface area contributed by atoms with Gasteiger partial charge in [0.05, 0.1) is 30.5 Å². The van der Waals surface area contributed by atoms with Gasteiger partial charge in [-0.3, -0.25) is 9.52 Å². The number of benzene rings is 2. The molecule has 2 aromatic rings. The molecule has 0 saturated heterocycles. The normalized spacial score (nSPS) is 18.9. The Morgan fingerprint density at radius 3 is 2.50 bits per heavy atom. The highest BCUT2D eigenvalue weighted by molar-refractivity contribution is 7.92. The summed E-state index contributed by atoms with van der Waals surface area (Å²) in [5, 5.41) is 12.7. The molecule has 0 saturated carbocycles. The van der Waals surface area contributed by atoms with Crippen LogP contribution in [0.15, 0.2) is 53.4 Å². The largest absolute Gasteiger partial charge is 0.488 e. The number of rotatable bonds is 8. The Kier molecular flexibility index (Phi) is 9.61. The number of hydrogen-bond donors (Lipinski definition) is 3. The highest BCUT2D eigenvalue weighted by Gasteiger charge is 2.32. The van der Waals surface area contributed by atoms with E-state index in [0.29, 0.717) is 23.5 Å². The van der Waals surface area contributed by atoms with E-state index in [-0.39, 0.29) is 48.4 Å². The van der Waals surface area contributed by atoms with E-state index in [1.807, 2.05) is 20.8 Å². The first kappa shape index (κ1) is 29.2. The van der Waals surface area contributed by atoms with Gasteiger partial charge in [-0.2, -0.15) is 0 Å². The van der Waals surface area contributed by atoms with Crippen molar-refractivity contribution in [1.29, 1.82) is 0 Å². The molecule has 0 unspecified atom stereocenters. The quantitative estimate of drug-likeness (QED) is 0.467. The van der Waals surface area contributed by atoms with E-state index >= 15 is 0 Å². The number of anilines is 1. The highest BCUT2D eigenvalue weighted by atomic mass is 32.2. The number of likely N-dealkylation sites (N-methyl/N-ethyl adjacent to an activating group) is 1. The molecule has 3 amide bonds. The number of aliphatic hydroxyl groups is 1. The van der Waals surface area contributed by atoms with Crippen LogP contribution >= 0.6 is 0 Å². The summed E-state index contributed by atoms with van der Waals surface area (Å²) < 4.78 is 34.7. The maximum Gasteiger partial charge on any atom is 0.317 e. The lowest BCUT2D eigenvalue weighted by Gasteiger charge is -2.34. The SMILES string of the molecule is CC(C)NC(=O)N(C)C[C@H]1Oc2ccc(NS(=O)(=O)c3ccccc3)cc2CC(=O)N([C@H](C)CO)C[C@H]1C. The van der Waals surface area contributed by atoms with Gasteiger partial charge in [0.2, 0.25) is 5.91 Å². The molecule has 10 nitrogen and oxygen atoms in total. The fourth-order valence-electron chi connectivity index (χ4n) is 4.23. The lowest BCUT2D eigenvalue weighted by Crippen LogP contribution is -2.49. The lowest BCUT2D eigenvalue weighted by molar-refractivity contribution is -0.134. The molecule has 38 heavy (non-hydrogen) atoms. The second-order valence-electron chi connectivity index (χ2n) is 10.1. The predicted molar refractivity (Wildman–Crippen MR) is 146 cm³/mol. The van der Waals surface area contributed by atoms with Crippen molar-refractivity contribution in [3.05, 3.63) is 54.1 Å². The van der Waals surface area contributed by atoms with E-state index in [2.05, 4.69) is 10.0 Å². The molecule has 3 rings (SSSR count). The maximum absolute atomic E-state index is 13.4. The number of sulfonamides is 1. The van der Waals surface area contributed by atoms with E-state index in [0.717, 1.165) is 0 Å². The number of hydrogen-bond acceptors (Lipinski definition) is 6. The van der Waals surface area contributed by atoms with E-state index in [9.17, 15) is 23.1 Å². The number of nitrogens with zero attached hydrogens (tertiary/aromatic N) is 2. The molecule has 0 radical (unpaired) electrons. The molecule has 2 aromatic carbocycles. The van der Waals surface area contributed by atoms with Crippen molar-refractivity contribution < 1.29 is 27.9 Å². The van der Waals surface area contributed by atoms with Crippen LogP contribution in [-0.2, 0) is 21.2 Å². The number of amides is 3. The van der Waals surface area contributed by atoms with E-state index < -0.39 is 22.2 Å². The fraction of sp³-hybridized carbons (Fsp3) is 0.481. The van der Waals surface area contributed by atoms with Gasteiger partial charge in [-0.25, -0.2) is 13.2 Å². The Balaban J connectivity index is 1.95. The van der Waals surface area contributed by atoms with Crippen LogP contribution in [0.1, 0.15) is 33.3 Å². The number of aliphatic hydroxyl groups excluding tert-OH is 1. The Morgan fingerprint density at radius 1 is 1.18 bits per heavy atom. The first-order chi connectivity index (χ1) is 17.9. The van der Waals surface area contributed by atoms with Gasteiger partial charge in [0.25, 0.3) is 10.0 Å². The molecular formula is C27H38N4O6S. The Hall–Kier alpha value is -3.31. The molecule has 208 valence electrons. The molecule has 0 bridgehead atoms. The highest BCUT2D eigenvalue weighted by Crippen LogP contribution is 2.30. The molecule has 0 fully saturated rings. The van der Waals surface area contributed by atoms with Gasteiger partial charge in [-0.15, -0.1) is 0 Å². The third-order valence-corrected chi connectivity index (χ3v) is 7.83. The van der Waals surface area contributed by atoms with Gasteiger partial charge in [-0.1, -0.05) is 25.1 Å². The number of fused-ring (bicyclic) bond motifs is 1. The first-order valence-corrected chi connectivity index (χ1v) is 14.2. The van der Waals surface area contributed by atoms with Gasteiger partial charge in [-0.05, 0) is 51.1 Å². The predicted octanol–water partition coefficient (Wildman–Crippen LogP) is 2.69. The van der Waals surface area contributed by atoms with Crippen LogP contribution < -0.4 is 14.8 Å². The molecule has 1 heterocycles. The molecule has 0 spiro atoms. The molecule has 0 aromatic heterocycles. The van der Waals surface area contributed by atoms with Gasteiger partial charge in [0.15, 0.2) is 0 Å². The van der Waals surface area contributed by atoms with Crippen LogP contribution in [0.2, 0.25) is 0 Å². The van der Waals surface area contributed by atoms with Crippen molar-refractivity contribution in [2.45, 2.75) is 57.2 Å². The molecule has 3 N–H and O–H groups in total. The minimum Gasteiger partial charge on any atom is -0.488 e. The average molecular weight is 547 g/mol. The van der Waals surface area contributed by atoms with E-state index in [1.54, 1.807) is 60.2 Å². The first-order valence-electron chi connectivity index (χ1n) is 12.7. The third-order valence-electron chi connectivity index (χ3n) is 6.43. The van der Waals surface area contributed by atoms with Crippen LogP contribution in [0.5, 0.6) is 5.75 Å². The summed E-state index contributed by atoms with van der Waals surface area (Å²) in [5.74, 6) is 0.0522. The van der Waals surface area contributed by atoms with E-state index in [1.165, 1.54) is 12.1 Å². The topological polar surface area (TPSA) is 128 Å². The Bertz CT molecular complexity index is 1220. The summed E-state index contributed by atoms with van der Waals surface area (Å²) in [7, 11) is -2.15. The van der Waals surface area contributed by atoms with Gasteiger partial charge >= 0.3 is 6.03 Å². The lowest BCUT2D eigenvalue weighted by atomic mass is 10.0. The van der Waals surface area contributed by atoms with Gasteiger partial charge < -0.3 is 25.0 Å². The van der Waals surface area contributed by atoms with Crippen molar-refractivity contribution in [2.24, 2.45) is 5.92 Å². The summed E-state index contributed by atoms with van der Waals surface area (Å²) in [6.45, 7) is 7.85. The van der Waals surface area contributed by atoms with Crippen molar-refractivity contribution in [1.82, 2.24) is 15.1 Å². The summed E-state index contributed by atoms with van der Waals surface area (Å²) in [5.41, 5.74) is 0.801. The van der Waals surface area contributed by atoms with Crippen LogP contribution in [0.25, 0.3) is 0 Å². The number of ether oxygens (including phenoxy) is 1. The molecule has 3 atom stereocenters. The zero-order valence-corrected chi connectivity index (χ0v) is 23.4. The molecule has 0 aliphatic carbocycles. The molecular weight excluding hydrogens is 508 g/mol.